The Morgan fingerprint density at radius 2 is 0.857 bits per heavy atom. The molecule has 4 heterocycles. The van der Waals surface area contributed by atoms with E-state index in [2.05, 4.69) is 191 Å². The van der Waals surface area contributed by atoms with Crippen LogP contribution in [0.15, 0.2) is 217 Å². The maximum absolute atomic E-state index is 6.47. The quantitative estimate of drug-likeness (QED) is 0.168. The third kappa shape index (κ3) is 5.55. The fraction of sp³-hybridized carbons (Fsp3) is 0. The molecule has 63 heavy (non-hydrogen) atoms. The van der Waals surface area contributed by atoms with E-state index >= 15 is 0 Å². The van der Waals surface area contributed by atoms with Crippen molar-refractivity contribution >= 4 is 65.6 Å². The zero-order valence-corrected chi connectivity index (χ0v) is 33.9. The van der Waals surface area contributed by atoms with Crippen molar-refractivity contribution < 1.29 is 4.42 Å². The molecule has 0 fully saturated rings. The Morgan fingerprint density at radius 3 is 1.57 bits per heavy atom. The van der Waals surface area contributed by atoms with Gasteiger partial charge in [0, 0.05) is 49.0 Å². The van der Waals surface area contributed by atoms with Gasteiger partial charge in [0.15, 0.2) is 11.6 Å². The summed E-state index contributed by atoms with van der Waals surface area (Å²) >= 11 is 0. The van der Waals surface area contributed by atoms with Crippen LogP contribution in [0, 0.1) is 0 Å². The van der Waals surface area contributed by atoms with Gasteiger partial charge in [0.25, 0.3) is 0 Å². The van der Waals surface area contributed by atoms with Gasteiger partial charge in [-0.15, -0.1) is 0 Å². The van der Waals surface area contributed by atoms with Gasteiger partial charge in [-0.25, -0.2) is 4.98 Å². The van der Waals surface area contributed by atoms with Crippen LogP contribution in [0.5, 0.6) is 0 Å². The number of benzene rings is 9. The van der Waals surface area contributed by atoms with Crippen LogP contribution >= 0.6 is 0 Å². The van der Waals surface area contributed by atoms with Crippen LogP contribution in [0.3, 0.4) is 0 Å². The van der Waals surface area contributed by atoms with E-state index in [-0.39, 0.29) is 0 Å². The van der Waals surface area contributed by atoms with Crippen LogP contribution in [0.4, 0.5) is 0 Å². The first-order valence-corrected chi connectivity index (χ1v) is 21.2. The third-order valence-electron chi connectivity index (χ3n) is 12.4. The lowest BCUT2D eigenvalue weighted by Gasteiger charge is -2.16. The van der Waals surface area contributed by atoms with E-state index in [4.69, 9.17) is 19.4 Å². The Hall–Kier alpha value is -8.61. The standard InChI is InChI=1S/C57H35N5O/c1-4-16-36(17-5-1)39-28-30-44-47-34-40(29-33-51(47)63-52(44)35-39)56-58-55(38-20-8-3-9-21-38)59-57(60-56)62-50-27-15-12-24-43(50)46-32-31-45-42-23-11-14-26-49(42)61(53(45)54(46)62)48-25-13-10-22-41(48)37-18-6-2-7-19-37/h1-35H. The minimum Gasteiger partial charge on any atom is -0.456 e. The van der Waals surface area contributed by atoms with Crippen LogP contribution < -0.4 is 0 Å². The van der Waals surface area contributed by atoms with Crippen molar-refractivity contribution in [1.82, 2.24) is 24.1 Å². The molecule has 0 aliphatic heterocycles. The fourth-order valence-electron chi connectivity index (χ4n) is 9.53. The summed E-state index contributed by atoms with van der Waals surface area (Å²) < 4.78 is 11.2. The van der Waals surface area contributed by atoms with E-state index in [1.54, 1.807) is 0 Å². The second-order valence-corrected chi connectivity index (χ2v) is 16.0. The molecule has 13 rings (SSSR count). The van der Waals surface area contributed by atoms with Crippen LogP contribution in [0.25, 0.3) is 122 Å². The predicted molar refractivity (Wildman–Crippen MR) is 258 cm³/mol. The molecule has 0 saturated carbocycles. The van der Waals surface area contributed by atoms with Gasteiger partial charge in [0.1, 0.15) is 11.2 Å². The van der Waals surface area contributed by atoms with Crippen molar-refractivity contribution in [2.75, 3.05) is 0 Å². The van der Waals surface area contributed by atoms with Crippen molar-refractivity contribution in [1.29, 1.82) is 0 Å². The molecule has 0 aliphatic carbocycles. The normalized spacial score (nSPS) is 11.8. The number of hydrogen-bond acceptors (Lipinski definition) is 4. The van der Waals surface area contributed by atoms with Crippen molar-refractivity contribution in [3.63, 3.8) is 0 Å². The Bertz CT molecular complexity index is 3900. The van der Waals surface area contributed by atoms with E-state index in [1.165, 1.54) is 5.39 Å². The lowest BCUT2D eigenvalue weighted by atomic mass is 10.0. The highest BCUT2D eigenvalue weighted by Crippen LogP contribution is 2.43. The number of fused-ring (bicyclic) bond motifs is 10. The molecule has 0 atom stereocenters. The van der Waals surface area contributed by atoms with Crippen molar-refractivity contribution in [2.24, 2.45) is 0 Å². The summed E-state index contributed by atoms with van der Waals surface area (Å²) in [4.78, 5) is 16.0. The van der Waals surface area contributed by atoms with Gasteiger partial charge in [0.2, 0.25) is 5.95 Å². The second kappa shape index (κ2) is 14.0. The molecule has 0 N–H and O–H groups in total. The highest BCUT2D eigenvalue weighted by atomic mass is 16.3. The third-order valence-corrected chi connectivity index (χ3v) is 12.4. The first-order chi connectivity index (χ1) is 31.2. The zero-order chi connectivity index (χ0) is 41.4. The Balaban J connectivity index is 1.10. The molecule has 0 unspecified atom stereocenters. The second-order valence-electron chi connectivity index (χ2n) is 16.0. The highest BCUT2D eigenvalue weighted by molar-refractivity contribution is 6.24. The van der Waals surface area contributed by atoms with E-state index < -0.39 is 0 Å². The summed E-state index contributed by atoms with van der Waals surface area (Å²) in [5, 5.41) is 6.60. The molecule has 0 aliphatic rings. The van der Waals surface area contributed by atoms with Gasteiger partial charge in [-0.2, -0.15) is 9.97 Å². The molecular weight excluding hydrogens is 771 g/mol. The Kier molecular flexibility index (Phi) is 7.80. The minimum atomic E-state index is 0.537. The molecule has 0 saturated heterocycles. The van der Waals surface area contributed by atoms with Gasteiger partial charge < -0.3 is 8.98 Å². The number of furan rings is 1. The summed E-state index contributed by atoms with van der Waals surface area (Å²) in [6.07, 6.45) is 0. The van der Waals surface area contributed by atoms with Crippen molar-refractivity contribution in [3.05, 3.63) is 212 Å². The number of hydrogen-bond donors (Lipinski definition) is 0. The number of nitrogens with zero attached hydrogens (tertiary/aromatic N) is 5. The average molecular weight is 806 g/mol. The van der Waals surface area contributed by atoms with Crippen LogP contribution in [0.2, 0.25) is 0 Å². The topological polar surface area (TPSA) is 61.7 Å². The van der Waals surface area contributed by atoms with Crippen molar-refractivity contribution in [2.45, 2.75) is 0 Å². The molecule has 13 aromatic rings. The van der Waals surface area contributed by atoms with Gasteiger partial charge in [-0.05, 0) is 65.2 Å². The van der Waals surface area contributed by atoms with E-state index in [0.717, 1.165) is 99.2 Å². The lowest BCUT2D eigenvalue weighted by molar-refractivity contribution is 0.669. The minimum absolute atomic E-state index is 0.537. The monoisotopic (exact) mass is 805 g/mol. The maximum Gasteiger partial charge on any atom is 0.238 e. The molecule has 294 valence electrons. The van der Waals surface area contributed by atoms with Crippen LogP contribution in [0.1, 0.15) is 0 Å². The van der Waals surface area contributed by atoms with E-state index in [9.17, 15) is 0 Å². The van der Waals surface area contributed by atoms with Gasteiger partial charge in [-0.1, -0.05) is 164 Å². The first kappa shape index (κ1) is 35.2. The lowest BCUT2D eigenvalue weighted by Crippen LogP contribution is -2.07. The molecule has 6 nitrogen and oxygen atoms in total. The number of aromatic nitrogens is 5. The maximum atomic E-state index is 6.47. The Morgan fingerprint density at radius 1 is 0.317 bits per heavy atom. The van der Waals surface area contributed by atoms with Gasteiger partial charge in [0.05, 0.1) is 27.8 Å². The molecule has 0 bridgehead atoms. The molecule has 6 heteroatoms. The molecule has 0 spiro atoms. The SMILES string of the molecule is c1ccc(-c2ccc3c(c2)oc2ccc(-c4nc(-c5ccccc5)nc(-n5c6ccccc6c6ccc7c8ccccc8n(-c8ccccc8-c8ccccc8)c7c65)n4)cc23)cc1. The summed E-state index contributed by atoms with van der Waals surface area (Å²) in [6, 6.07) is 74.4. The van der Waals surface area contributed by atoms with E-state index in [1.807, 2.05) is 30.3 Å². The molecule has 0 amide bonds. The largest absolute Gasteiger partial charge is 0.456 e. The molecule has 9 aromatic carbocycles. The average Bonchev–Trinajstić information content (AvgIpc) is 4.02. The summed E-state index contributed by atoms with van der Waals surface area (Å²) in [5.41, 5.74) is 13.3. The number of para-hydroxylation sites is 3. The van der Waals surface area contributed by atoms with Crippen LogP contribution in [-0.4, -0.2) is 24.1 Å². The smallest absolute Gasteiger partial charge is 0.238 e. The summed E-state index contributed by atoms with van der Waals surface area (Å²) in [5.74, 6) is 1.70. The zero-order valence-electron chi connectivity index (χ0n) is 33.9. The summed E-state index contributed by atoms with van der Waals surface area (Å²) in [6.45, 7) is 0. The van der Waals surface area contributed by atoms with E-state index in [0.29, 0.717) is 17.6 Å². The fourth-order valence-corrected chi connectivity index (χ4v) is 9.53. The Labute approximate surface area is 361 Å². The highest BCUT2D eigenvalue weighted by Gasteiger charge is 2.24. The summed E-state index contributed by atoms with van der Waals surface area (Å²) in [7, 11) is 0. The van der Waals surface area contributed by atoms with Crippen molar-refractivity contribution in [3.8, 4) is 56.7 Å². The predicted octanol–water partition coefficient (Wildman–Crippen LogP) is 14.6. The van der Waals surface area contributed by atoms with Gasteiger partial charge in [-0.3, -0.25) is 4.57 Å². The molecule has 0 radical (unpaired) electrons. The van der Waals surface area contributed by atoms with Crippen LogP contribution in [-0.2, 0) is 0 Å². The molecular formula is C57H35N5O. The van der Waals surface area contributed by atoms with Gasteiger partial charge >= 0.3 is 0 Å². The molecule has 4 aromatic heterocycles. The number of rotatable bonds is 6. The first-order valence-electron chi connectivity index (χ1n) is 21.2.